The summed E-state index contributed by atoms with van der Waals surface area (Å²) in [6, 6.07) is 0. The third-order valence-corrected chi connectivity index (χ3v) is 3.19. The van der Waals surface area contributed by atoms with E-state index in [0.29, 0.717) is 0 Å². The van der Waals surface area contributed by atoms with Crippen molar-refractivity contribution in [1.82, 2.24) is 20.0 Å². The highest BCUT2D eigenvalue weighted by Gasteiger charge is 2.17. The molecule has 2 aromatic rings. The topological polar surface area (TPSA) is 43.6 Å². The summed E-state index contributed by atoms with van der Waals surface area (Å²) in [7, 11) is 0. The molecule has 0 aromatic carbocycles. The molecule has 86 valence electrons. The summed E-state index contributed by atoms with van der Waals surface area (Å²) in [5.74, 6) is 0. The molecule has 0 amide bonds. The van der Waals surface area contributed by atoms with Crippen molar-refractivity contribution < 1.29 is 0 Å². The fourth-order valence-electron chi connectivity index (χ4n) is 1.36. The maximum absolute atomic E-state index is 4.23. The summed E-state index contributed by atoms with van der Waals surface area (Å²) in [6.45, 7) is 9.18. The Labute approximate surface area is 99.3 Å². The Bertz CT molecular complexity index is 478. The molecule has 16 heavy (non-hydrogen) atoms. The lowest BCUT2D eigenvalue weighted by molar-refractivity contribution is 0.566. The van der Waals surface area contributed by atoms with Gasteiger partial charge in [-0.2, -0.15) is 0 Å². The van der Waals surface area contributed by atoms with Crippen LogP contribution in [0, 0.1) is 6.92 Å². The minimum absolute atomic E-state index is 0.0574. The van der Waals surface area contributed by atoms with Crippen molar-refractivity contribution in [3.8, 4) is 0 Å². The van der Waals surface area contributed by atoms with E-state index in [2.05, 4.69) is 36.1 Å². The summed E-state index contributed by atoms with van der Waals surface area (Å²) >= 11 is 1.70. The Balaban J connectivity index is 2.14. The van der Waals surface area contributed by atoms with Gasteiger partial charge < -0.3 is 0 Å². The normalized spacial score (nSPS) is 12.0. The van der Waals surface area contributed by atoms with Crippen molar-refractivity contribution in [1.29, 1.82) is 0 Å². The van der Waals surface area contributed by atoms with Crippen molar-refractivity contribution >= 4 is 11.3 Å². The van der Waals surface area contributed by atoms with Crippen LogP contribution >= 0.6 is 11.3 Å². The Morgan fingerprint density at radius 3 is 2.62 bits per heavy atom. The van der Waals surface area contributed by atoms with Gasteiger partial charge in [-0.3, -0.25) is 0 Å². The second-order valence-corrected chi connectivity index (χ2v) is 6.22. The smallest absolute Gasteiger partial charge is 0.0897 e. The van der Waals surface area contributed by atoms with E-state index in [1.807, 2.05) is 24.0 Å². The average Bonchev–Trinajstić information content (AvgIpc) is 2.74. The van der Waals surface area contributed by atoms with Gasteiger partial charge in [0.1, 0.15) is 0 Å². The summed E-state index contributed by atoms with van der Waals surface area (Å²) < 4.78 is 1.87. The van der Waals surface area contributed by atoms with E-state index in [1.54, 1.807) is 11.3 Å². The monoisotopic (exact) mass is 236 g/mol. The minimum atomic E-state index is 0.0574. The number of thiazole rings is 1. The molecule has 0 spiro atoms. The molecule has 0 saturated carbocycles. The van der Waals surface area contributed by atoms with Crippen LogP contribution in [0.5, 0.6) is 0 Å². The van der Waals surface area contributed by atoms with Crippen LogP contribution in [-0.2, 0) is 12.0 Å². The third kappa shape index (κ3) is 2.47. The Hall–Kier alpha value is -1.23. The van der Waals surface area contributed by atoms with Crippen LogP contribution in [0.4, 0.5) is 0 Å². The van der Waals surface area contributed by atoms with Gasteiger partial charge in [0.05, 0.1) is 17.2 Å². The van der Waals surface area contributed by atoms with Gasteiger partial charge in [0.15, 0.2) is 0 Å². The fourth-order valence-corrected chi connectivity index (χ4v) is 2.14. The number of aryl methyl sites for hydroxylation is 1. The number of aromatic nitrogens is 4. The van der Waals surface area contributed by atoms with Crippen LogP contribution in [0.3, 0.4) is 0 Å². The van der Waals surface area contributed by atoms with Crippen LogP contribution in [0.1, 0.15) is 36.3 Å². The molecule has 2 rings (SSSR count). The molecule has 5 heteroatoms. The second-order valence-electron chi connectivity index (χ2n) is 4.90. The molecule has 0 bridgehead atoms. The van der Waals surface area contributed by atoms with Crippen LogP contribution < -0.4 is 0 Å². The zero-order valence-corrected chi connectivity index (χ0v) is 10.9. The lowest BCUT2D eigenvalue weighted by atomic mass is 9.93. The minimum Gasteiger partial charge on any atom is -0.250 e. The van der Waals surface area contributed by atoms with E-state index in [1.165, 1.54) is 4.88 Å². The van der Waals surface area contributed by atoms with Gasteiger partial charge in [-0.1, -0.05) is 26.0 Å². The predicted octanol–water partition coefficient (Wildman–Crippen LogP) is 2.39. The van der Waals surface area contributed by atoms with Crippen LogP contribution in [-0.4, -0.2) is 20.0 Å². The number of hydrogen-bond acceptors (Lipinski definition) is 4. The van der Waals surface area contributed by atoms with E-state index in [-0.39, 0.29) is 5.41 Å². The van der Waals surface area contributed by atoms with Gasteiger partial charge >= 0.3 is 0 Å². The van der Waals surface area contributed by atoms with Gasteiger partial charge in [0.25, 0.3) is 0 Å². The van der Waals surface area contributed by atoms with Crippen molar-refractivity contribution in [3.05, 3.63) is 28.0 Å². The molecule has 0 aliphatic carbocycles. The van der Waals surface area contributed by atoms with Gasteiger partial charge in [0.2, 0.25) is 0 Å². The van der Waals surface area contributed by atoms with E-state index in [9.17, 15) is 0 Å². The second kappa shape index (κ2) is 3.97. The molecular weight excluding hydrogens is 220 g/mol. The quantitative estimate of drug-likeness (QED) is 0.804. The first-order chi connectivity index (χ1) is 7.45. The summed E-state index contributed by atoms with van der Waals surface area (Å²) in [4.78, 5) is 5.44. The molecule has 0 radical (unpaired) electrons. The maximum atomic E-state index is 4.23. The summed E-state index contributed by atoms with van der Waals surface area (Å²) in [5, 5.41) is 9.41. The number of hydrogen-bond donors (Lipinski definition) is 0. The van der Waals surface area contributed by atoms with Crippen LogP contribution in [0.2, 0.25) is 0 Å². The zero-order valence-electron chi connectivity index (χ0n) is 10.1. The Kier molecular flexibility index (Phi) is 2.80. The molecule has 0 fully saturated rings. The molecule has 0 atom stereocenters. The SMILES string of the molecule is Cc1ncc(Cn2cc(C(C)(C)C)nn2)s1. The summed E-state index contributed by atoms with van der Waals surface area (Å²) in [6.07, 6.45) is 3.91. The van der Waals surface area contributed by atoms with E-state index in [4.69, 9.17) is 0 Å². The predicted molar refractivity (Wildman–Crippen MR) is 64.7 cm³/mol. The molecule has 0 aliphatic rings. The first-order valence-corrected chi connectivity index (χ1v) is 6.09. The highest BCUT2D eigenvalue weighted by molar-refractivity contribution is 7.11. The fraction of sp³-hybridized carbons (Fsp3) is 0.545. The molecule has 0 unspecified atom stereocenters. The Morgan fingerprint density at radius 1 is 1.38 bits per heavy atom. The van der Waals surface area contributed by atoms with Gasteiger partial charge in [-0.15, -0.1) is 16.4 Å². The maximum Gasteiger partial charge on any atom is 0.0897 e. The van der Waals surface area contributed by atoms with E-state index >= 15 is 0 Å². The Morgan fingerprint density at radius 2 is 2.12 bits per heavy atom. The van der Waals surface area contributed by atoms with Gasteiger partial charge in [-0.05, 0) is 6.92 Å². The highest BCUT2D eigenvalue weighted by atomic mass is 32.1. The van der Waals surface area contributed by atoms with Crippen molar-refractivity contribution in [2.75, 3.05) is 0 Å². The number of nitrogens with zero attached hydrogens (tertiary/aromatic N) is 4. The van der Waals surface area contributed by atoms with Crippen molar-refractivity contribution in [2.24, 2.45) is 0 Å². The molecule has 2 aromatic heterocycles. The highest BCUT2D eigenvalue weighted by Crippen LogP contribution is 2.19. The third-order valence-electron chi connectivity index (χ3n) is 2.29. The average molecular weight is 236 g/mol. The molecule has 4 nitrogen and oxygen atoms in total. The van der Waals surface area contributed by atoms with Gasteiger partial charge in [0, 0.05) is 22.7 Å². The molecule has 0 saturated heterocycles. The number of rotatable bonds is 2. The van der Waals surface area contributed by atoms with Crippen LogP contribution in [0.25, 0.3) is 0 Å². The lowest BCUT2D eigenvalue weighted by Gasteiger charge is -2.12. The van der Waals surface area contributed by atoms with Crippen molar-refractivity contribution in [2.45, 2.75) is 39.7 Å². The largest absolute Gasteiger partial charge is 0.250 e. The zero-order chi connectivity index (χ0) is 11.8. The first-order valence-electron chi connectivity index (χ1n) is 5.27. The first kappa shape index (κ1) is 11.3. The van der Waals surface area contributed by atoms with E-state index in [0.717, 1.165) is 17.2 Å². The van der Waals surface area contributed by atoms with Crippen molar-refractivity contribution in [3.63, 3.8) is 0 Å². The van der Waals surface area contributed by atoms with Crippen LogP contribution in [0.15, 0.2) is 12.4 Å². The summed E-state index contributed by atoms with van der Waals surface area (Å²) in [5.41, 5.74) is 1.08. The molecule has 2 heterocycles. The molecule has 0 aliphatic heterocycles. The standard InChI is InChI=1S/C11H16N4S/c1-8-12-5-9(16-8)6-15-7-10(13-14-15)11(2,3)4/h5,7H,6H2,1-4H3. The van der Waals surface area contributed by atoms with E-state index < -0.39 is 0 Å². The lowest BCUT2D eigenvalue weighted by Crippen LogP contribution is -2.11. The van der Waals surface area contributed by atoms with Gasteiger partial charge in [-0.25, -0.2) is 9.67 Å². The molecular formula is C11H16N4S. The molecule has 0 N–H and O–H groups in total.